The molecule has 4 nitrogen and oxygen atoms in total. The van der Waals surface area contributed by atoms with Crippen molar-refractivity contribution in [3.8, 4) is 5.75 Å². The number of hydrogen-bond acceptors (Lipinski definition) is 3. The lowest BCUT2D eigenvalue weighted by molar-refractivity contribution is -0.138. The van der Waals surface area contributed by atoms with Crippen molar-refractivity contribution < 1.29 is 14.6 Å². The number of ether oxygens (including phenoxy) is 1. The van der Waals surface area contributed by atoms with Crippen molar-refractivity contribution in [3.63, 3.8) is 0 Å². The highest BCUT2D eigenvalue weighted by atomic mass is 16.5. The quantitative estimate of drug-likeness (QED) is 0.793. The molecule has 0 saturated carbocycles. The van der Waals surface area contributed by atoms with E-state index in [4.69, 9.17) is 15.6 Å². The van der Waals surface area contributed by atoms with Gasteiger partial charge in [-0.15, -0.1) is 0 Å². The highest BCUT2D eigenvalue weighted by Gasteiger charge is 2.11. The van der Waals surface area contributed by atoms with Gasteiger partial charge in [0, 0.05) is 6.42 Å². The van der Waals surface area contributed by atoms with Gasteiger partial charge in [-0.1, -0.05) is 26.0 Å². The average molecular weight is 237 g/mol. The first-order valence-corrected chi connectivity index (χ1v) is 5.72. The van der Waals surface area contributed by atoms with Gasteiger partial charge < -0.3 is 15.6 Å². The third-order valence-electron chi connectivity index (χ3n) is 2.54. The Hall–Kier alpha value is -1.55. The van der Waals surface area contributed by atoms with Gasteiger partial charge in [0.15, 0.2) is 0 Å². The van der Waals surface area contributed by atoms with Gasteiger partial charge in [0.1, 0.15) is 11.8 Å². The van der Waals surface area contributed by atoms with Crippen LogP contribution in [0.2, 0.25) is 0 Å². The van der Waals surface area contributed by atoms with Crippen molar-refractivity contribution in [1.29, 1.82) is 0 Å². The van der Waals surface area contributed by atoms with Gasteiger partial charge in [-0.3, -0.25) is 4.79 Å². The Morgan fingerprint density at radius 1 is 1.47 bits per heavy atom. The lowest BCUT2D eigenvalue weighted by Gasteiger charge is -2.11. The molecule has 17 heavy (non-hydrogen) atoms. The Bertz CT molecular complexity index is 377. The van der Waals surface area contributed by atoms with Gasteiger partial charge in [0.2, 0.25) is 0 Å². The van der Waals surface area contributed by atoms with Crippen LogP contribution in [0.25, 0.3) is 0 Å². The molecule has 1 atom stereocenters. The first kappa shape index (κ1) is 13.5. The molecule has 0 fully saturated rings. The van der Waals surface area contributed by atoms with E-state index in [1.54, 1.807) is 0 Å². The Morgan fingerprint density at radius 3 is 2.76 bits per heavy atom. The summed E-state index contributed by atoms with van der Waals surface area (Å²) in [6.45, 7) is 4.54. The normalized spacial score (nSPS) is 12.5. The molecule has 1 aromatic rings. The van der Waals surface area contributed by atoms with Crippen molar-refractivity contribution in [3.05, 3.63) is 29.8 Å². The Morgan fingerprint density at radius 2 is 2.18 bits per heavy atom. The molecule has 94 valence electrons. The second-order valence-electron chi connectivity index (χ2n) is 4.31. The van der Waals surface area contributed by atoms with Crippen LogP contribution in [-0.2, 0) is 4.79 Å². The van der Waals surface area contributed by atoms with Crippen molar-refractivity contribution in [1.82, 2.24) is 0 Å². The Kier molecular flexibility index (Phi) is 4.97. The SMILES string of the molecule is CC(C)c1cccc(OCCC(N)C(=O)O)c1. The largest absolute Gasteiger partial charge is 0.494 e. The molecule has 1 aromatic carbocycles. The van der Waals surface area contributed by atoms with Gasteiger partial charge in [0.05, 0.1) is 6.61 Å². The molecular formula is C13H19NO3. The number of hydrogen-bond donors (Lipinski definition) is 2. The first-order valence-electron chi connectivity index (χ1n) is 5.72. The lowest BCUT2D eigenvalue weighted by Crippen LogP contribution is -2.31. The van der Waals surface area contributed by atoms with E-state index in [0.717, 1.165) is 5.75 Å². The van der Waals surface area contributed by atoms with Crippen LogP contribution in [0.15, 0.2) is 24.3 Å². The van der Waals surface area contributed by atoms with Crippen molar-refractivity contribution in [2.75, 3.05) is 6.61 Å². The van der Waals surface area contributed by atoms with Gasteiger partial charge in [-0.25, -0.2) is 0 Å². The first-order chi connectivity index (χ1) is 8.00. The predicted molar refractivity (Wildman–Crippen MR) is 66.3 cm³/mol. The average Bonchev–Trinajstić information content (AvgIpc) is 2.29. The molecule has 0 aromatic heterocycles. The van der Waals surface area contributed by atoms with Crippen LogP contribution in [0, 0.1) is 0 Å². The molecule has 0 saturated heterocycles. The fourth-order valence-corrected chi connectivity index (χ4v) is 1.39. The van der Waals surface area contributed by atoms with E-state index in [-0.39, 0.29) is 0 Å². The molecule has 0 amide bonds. The van der Waals surface area contributed by atoms with E-state index >= 15 is 0 Å². The number of carboxylic acids is 1. The summed E-state index contributed by atoms with van der Waals surface area (Å²) in [6.07, 6.45) is 0.307. The van der Waals surface area contributed by atoms with E-state index in [9.17, 15) is 4.79 Å². The highest BCUT2D eigenvalue weighted by Crippen LogP contribution is 2.20. The second kappa shape index (κ2) is 6.25. The Balaban J connectivity index is 2.47. The van der Waals surface area contributed by atoms with Gasteiger partial charge in [0.25, 0.3) is 0 Å². The van der Waals surface area contributed by atoms with Gasteiger partial charge >= 0.3 is 5.97 Å². The van der Waals surface area contributed by atoms with E-state index < -0.39 is 12.0 Å². The van der Waals surface area contributed by atoms with E-state index in [0.29, 0.717) is 18.9 Å². The number of carboxylic acid groups (broad SMARTS) is 1. The molecule has 0 spiro atoms. The monoisotopic (exact) mass is 237 g/mol. The molecule has 0 radical (unpaired) electrons. The summed E-state index contributed by atoms with van der Waals surface area (Å²) >= 11 is 0. The zero-order valence-electron chi connectivity index (χ0n) is 10.2. The number of carbonyl (C=O) groups is 1. The van der Waals surface area contributed by atoms with Crippen LogP contribution in [0.5, 0.6) is 5.75 Å². The molecular weight excluding hydrogens is 218 g/mol. The minimum Gasteiger partial charge on any atom is -0.494 e. The molecule has 0 bridgehead atoms. The van der Waals surface area contributed by atoms with Crippen LogP contribution in [0.1, 0.15) is 31.7 Å². The smallest absolute Gasteiger partial charge is 0.320 e. The molecule has 4 heteroatoms. The molecule has 0 heterocycles. The van der Waals surface area contributed by atoms with Crippen LogP contribution in [-0.4, -0.2) is 23.7 Å². The molecule has 0 aliphatic heterocycles. The molecule has 0 aliphatic rings. The minimum absolute atomic E-state index is 0.307. The fourth-order valence-electron chi connectivity index (χ4n) is 1.39. The Labute approximate surface area is 101 Å². The zero-order chi connectivity index (χ0) is 12.8. The molecule has 0 aliphatic carbocycles. The standard InChI is InChI=1S/C13H19NO3/c1-9(2)10-4-3-5-11(8-10)17-7-6-12(14)13(15)16/h3-5,8-9,12H,6-7,14H2,1-2H3,(H,15,16). The summed E-state index contributed by atoms with van der Waals surface area (Å²) in [4.78, 5) is 10.5. The topological polar surface area (TPSA) is 72.5 Å². The summed E-state index contributed by atoms with van der Waals surface area (Å²) in [7, 11) is 0. The van der Waals surface area contributed by atoms with Crippen molar-refractivity contribution >= 4 is 5.97 Å². The summed E-state index contributed by atoms with van der Waals surface area (Å²) in [5.74, 6) is 0.207. The number of benzene rings is 1. The molecule has 1 unspecified atom stereocenters. The summed E-state index contributed by atoms with van der Waals surface area (Å²) in [5, 5.41) is 8.62. The second-order valence-corrected chi connectivity index (χ2v) is 4.31. The maximum absolute atomic E-state index is 10.5. The molecule has 1 rings (SSSR count). The van der Waals surface area contributed by atoms with Crippen LogP contribution >= 0.6 is 0 Å². The maximum Gasteiger partial charge on any atom is 0.320 e. The van der Waals surface area contributed by atoms with Crippen LogP contribution in [0.3, 0.4) is 0 Å². The van der Waals surface area contributed by atoms with Crippen LogP contribution in [0.4, 0.5) is 0 Å². The van der Waals surface area contributed by atoms with E-state index in [1.807, 2.05) is 24.3 Å². The third kappa shape index (κ3) is 4.44. The summed E-state index contributed by atoms with van der Waals surface area (Å²) < 4.78 is 5.47. The maximum atomic E-state index is 10.5. The van der Waals surface area contributed by atoms with E-state index in [1.165, 1.54) is 5.56 Å². The predicted octanol–water partition coefficient (Wildman–Crippen LogP) is 1.99. The zero-order valence-corrected chi connectivity index (χ0v) is 10.2. The number of nitrogens with two attached hydrogens (primary N) is 1. The fraction of sp³-hybridized carbons (Fsp3) is 0.462. The minimum atomic E-state index is -0.996. The van der Waals surface area contributed by atoms with Crippen LogP contribution < -0.4 is 10.5 Å². The third-order valence-corrected chi connectivity index (χ3v) is 2.54. The highest BCUT2D eigenvalue weighted by molar-refractivity contribution is 5.72. The van der Waals surface area contributed by atoms with Crippen molar-refractivity contribution in [2.24, 2.45) is 5.73 Å². The van der Waals surface area contributed by atoms with Gasteiger partial charge in [-0.2, -0.15) is 0 Å². The number of rotatable bonds is 6. The summed E-state index contributed by atoms with van der Waals surface area (Å²) in [5.41, 5.74) is 6.58. The number of aliphatic carboxylic acids is 1. The van der Waals surface area contributed by atoms with Crippen molar-refractivity contribution in [2.45, 2.75) is 32.2 Å². The molecule has 3 N–H and O–H groups in total. The lowest BCUT2D eigenvalue weighted by atomic mass is 10.0. The van der Waals surface area contributed by atoms with Gasteiger partial charge in [-0.05, 0) is 23.6 Å². The summed E-state index contributed by atoms with van der Waals surface area (Å²) in [6, 6.07) is 6.94. The van der Waals surface area contributed by atoms with E-state index in [2.05, 4.69) is 13.8 Å².